The number of rotatable bonds is 9. The summed E-state index contributed by atoms with van der Waals surface area (Å²) in [6, 6.07) is 8.16. The van der Waals surface area contributed by atoms with Gasteiger partial charge in [0, 0.05) is 57.8 Å². The van der Waals surface area contributed by atoms with Gasteiger partial charge in [-0.2, -0.15) is 0 Å². The lowest BCUT2D eigenvalue weighted by Gasteiger charge is -2.36. The summed E-state index contributed by atoms with van der Waals surface area (Å²) >= 11 is 0. The third-order valence-corrected chi connectivity index (χ3v) is 4.85. The van der Waals surface area contributed by atoms with E-state index in [0.29, 0.717) is 19.7 Å². The third kappa shape index (κ3) is 5.99. The van der Waals surface area contributed by atoms with Crippen LogP contribution in [0.25, 0.3) is 0 Å². The molecule has 3 rings (SSSR count). The van der Waals surface area contributed by atoms with Crippen molar-refractivity contribution in [3.63, 3.8) is 0 Å². The molecule has 1 saturated carbocycles. The highest BCUT2D eigenvalue weighted by Gasteiger charge is 2.26. The fraction of sp³-hybridized carbons (Fsp3) is 0.632. The first-order chi connectivity index (χ1) is 12.2. The Kier molecular flexibility index (Phi) is 6.67. The lowest BCUT2D eigenvalue weighted by atomic mass is 10.2. The van der Waals surface area contributed by atoms with Crippen LogP contribution in [0.5, 0.6) is 0 Å². The molecule has 1 heterocycles. The zero-order valence-electron chi connectivity index (χ0n) is 15.2. The van der Waals surface area contributed by atoms with E-state index in [2.05, 4.69) is 32.6 Å². The van der Waals surface area contributed by atoms with Gasteiger partial charge in [-0.1, -0.05) is 6.07 Å². The summed E-state index contributed by atoms with van der Waals surface area (Å²) in [7, 11) is 1.65. The Labute approximate surface area is 150 Å². The second kappa shape index (κ2) is 9.17. The smallest absolute Gasteiger partial charge is 0.238 e. The van der Waals surface area contributed by atoms with Crippen LogP contribution in [0.3, 0.4) is 0 Å². The largest absolute Gasteiger partial charge is 0.383 e. The molecule has 1 aromatic rings. The molecule has 0 aromatic heterocycles. The van der Waals surface area contributed by atoms with Crippen molar-refractivity contribution in [2.45, 2.75) is 12.8 Å². The Morgan fingerprint density at radius 1 is 1.24 bits per heavy atom. The molecule has 6 heteroatoms. The second-order valence-electron chi connectivity index (χ2n) is 7.00. The number of nitrogens with one attached hydrogen (secondary N) is 2. The minimum atomic E-state index is -0.0255. The van der Waals surface area contributed by atoms with Gasteiger partial charge in [0.15, 0.2) is 0 Å². The first-order valence-electron chi connectivity index (χ1n) is 9.31. The van der Waals surface area contributed by atoms with Crippen molar-refractivity contribution in [1.82, 2.24) is 10.2 Å². The maximum Gasteiger partial charge on any atom is 0.238 e. The van der Waals surface area contributed by atoms with Crippen LogP contribution in [0.1, 0.15) is 12.8 Å². The number of anilines is 2. The number of nitrogens with zero attached hydrogens (tertiary/aromatic N) is 2. The van der Waals surface area contributed by atoms with Crippen LogP contribution in [0.15, 0.2) is 24.3 Å². The first kappa shape index (κ1) is 18.2. The van der Waals surface area contributed by atoms with Crippen molar-refractivity contribution >= 4 is 17.3 Å². The van der Waals surface area contributed by atoms with Gasteiger partial charge in [-0.3, -0.25) is 9.69 Å². The molecule has 2 fully saturated rings. The number of hydrogen-bond donors (Lipinski definition) is 2. The molecule has 2 aliphatic rings. The van der Waals surface area contributed by atoms with Crippen LogP contribution in [-0.2, 0) is 9.53 Å². The lowest BCUT2D eigenvalue weighted by Crippen LogP contribution is -2.47. The van der Waals surface area contributed by atoms with Gasteiger partial charge in [-0.05, 0) is 37.0 Å². The predicted molar refractivity (Wildman–Crippen MR) is 101 cm³/mol. The predicted octanol–water partition coefficient (Wildman–Crippen LogP) is 1.39. The Morgan fingerprint density at radius 3 is 2.76 bits per heavy atom. The van der Waals surface area contributed by atoms with E-state index in [0.717, 1.165) is 37.8 Å². The minimum absolute atomic E-state index is 0.0255. The van der Waals surface area contributed by atoms with E-state index in [1.54, 1.807) is 7.11 Å². The number of carbonyl (C=O) groups excluding carboxylic acids is 1. The average molecular weight is 346 g/mol. The first-order valence-corrected chi connectivity index (χ1v) is 9.31. The van der Waals surface area contributed by atoms with Crippen molar-refractivity contribution in [2.75, 3.05) is 69.7 Å². The monoisotopic (exact) mass is 346 g/mol. The van der Waals surface area contributed by atoms with Crippen molar-refractivity contribution in [1.29, 1.82) is 0 Å². The van der Waals surface area contributed by atoms with Crippen molar-refractivity contribution in [2.24, 2.45) is 5.92 Å². The highest BCUT2D eigenvalue weighted by Crippen LogP contribution is 2.30. The maximum absolute atomic E-state index is 12.0. The van der Waals surface area contributed by atoms with E-state index >= 15 is 0 Å². The summed E-state index contributed by atoms with van der Waals surface area (Å²) in [4.78, 5) is 17.0. The number of piperazine rings is 1. The van der Waals surface area contributed by atoms with Crippen molar-refractivity contribution < 1.29 is 9.53 Å². The highest BCUT2D eigenvalue weighted by atomic mass is 16.5. The third-order valence-electron chi connectivity index (χ3n) is 4.85. The standard InChI is InChI=1S/C19H30N4O2/c1-25-12-7-20-14-19(24)21-17-3-2-4-18(13-17)23-10-8-22(9-11-23)15-16-5-6-16/h2-4,13,16,20H,5-12,14-15H2,1H3,(H,21,24). The Hall–Kier alpha value is -1.63. The fourth-order valence-corrected chi connectivity index (χ4v) is 3.22. The number of benzene rings is 1. The van der Waals surface area contributed by atoms with Gasteiger partial charge in [0.05, 0.1) is 13.2 Å². The molecule has 0 atom stereocenters. The highest BCUT2D eigenvalue weighted by molar-refractivity contribution is 5.92. The molecule has 1 aliphatic carbocycles. The van der Waals surface area contributed by atoms with E-state index in [4.69, 9.17) is 4.74 Å². The molecule has 0 spiro atoms. The number of amides is 1. The zero-order valence-corrected chi connectivity index (χ0v) is 15.2. The zero-order chi connectivity index (χ0) is 17.5. The van der Waals surface area contributed by atoms with Gasteiger partial charge in [-0.15, -0.1) is 0 Å². The molecular formula is C19H30N4O2. The minimum Gasteiger partial charge on any atom is -0.383 e. The molecule has 0 bridgehead atoms. The summed E-state index contributed by atoms with van der Waals surface area (Å²) in [6.07, 6.45) is 2.84. The summed E-state index contributed by atoms with van der Waals surface area (Å²) in [5, 5.41) is 6.02. The molecule has 1 amide bonds. The lowest BCUT2D eigenvalue weighted by molar-refractivity contribution is -0.115. The van der Waals surface area contributed by atoms with Crippen LogP contribution in [0.4, 0.5) is 11.4 Å². The molecular weight excluding hydrogens is 316 g/mol. The Balaban J connectivity index is 1.45. The topological polar surface area (TPSA) is 56.8 Å². The summed E-state index contributed by atoms with van der Waals surface area (Å²) in [5.74, 6) is 0.935. The van der Waals surface area contributed by atoms with Crippen LogP contribution in [0, 0.1) is 5.92 Å². The van der Waals surface area contributed by atoms with E-state index in [1.807, 2.05) is 12.1 Å². The summed E-state index contributed by atoms with van der Waals surface area (Å²) in [5.41, 5.74) is 2.05. The molecule has 1 saturated heterocycles. The summed E-state index contributed by atoms with van der Waals surface area (Å²) in [6.45, 7) is 7.25. The van der Waals surface area contributed by atoms with Gasteiger partial charge in [0.1, 0.15) is 0 Å². The molecule has 1 aromatic carbocycles. The van der Waals surface area contributed by atoms with Crippen molar-refractivity contribution in [3.05, 3.63) is 24.3 Å². The SMILES string of the molecule is COCCNCC(=O)Nc1cccc(N2CCN(CC3CC3)CC2)c1. The van der Waals surface area contributed by atoms with Gasteiger partial charge >= 0.3 is 0 Å². The van der Waals surface area contributed by atoms with E-state index in [1.165, 1.54) is 25.1 Å². The fourth-order valence-electron chi connectivity index (χ4n) is 3.22. The molecule has 0 radical (unpaired) electrons. The Morgan fingerprint density at radius 2 is 2.04 bits per heavy atom. The van der Waals surface area contributed by atoms with Gasteiger partial charge in [0.2, 0.25) is 5.91 Å². The number of hydrogen-bond acceptors (Lipinski definition) is 5. The molecule has 1 aliphatic heterocycles. The maximum atomic E-state index is 12.0. The normalized spacial score (nSPS) is 18.4. The average Bonchev–Trinajstić information content (AvgIpc) is 3.44. The van der Waals surface area contributed by atoms with E-state index in [9.17, 15) is 4.79 Å². The Bertz CT molecular complexity index is 554. The molecule has 0 unspecified atom stereocenters. The molecule has 25 heavy (non-hydrogen) atoms. The second-order valence-corrected chi connectivity index (χ2v) is 7.00. The number of methoxy groups -OCH3 is 1. The number of ether oxygens (including phenoxy) is 1. The van der Waals surface area contributed by atoms with Crippen LogP contribution >= 0.6 is 0 Å². The number of carbonyl (C=O) groups is 1. The summed E-state index contributed by atoms with van der Waals surface area (Å²) < 4.78 is 4.95. The molecule has 6 nitrogen and oxygen atoms in total. The van der Waals surface area contributed by atoms with Crippen LogP contribution in [-0.4, -0.2) is 70.3 Å². The van der Waals surface area contributed by atoms with E-state index < -0.39 is 0 Å². The van der Waals surface area contributed by atoms with Gasteiger partial charge in [0.25, 0.3) is 0 Å². The van der Waals surface area contributed by atoms with Crippen LogP contribution < -0.4 is 15.5 Å². The quantitative estimate of drug-likeness (QED) is 0.662. The molecule has 2 N–H and O–H groups in total. The van der Waals surface area contributed by atoms with Crippen molar-refractivity contribution in [3.8, 4) is 0 Å². The van der Waals surface area contributed by atoms with E-state index in [-0.39, 0.29) is 5.91 Å². The van der Waals surface area contributed by atoms with Gasteiger partial charge < -0.3 is 20.3 Å². The van der Waals surface area contributed by atoms with Crippen LogP contribution in [0.2, 0.25) is 0 Å². The molecule has 138 valence electrons. The van der Waals surface area contributed by atoms with Gasteiger partial charge in [-0.25, -0.2) is 0 Å².